The second kappa shape index (κ2) is 3.79. The Balaban J connectivity index is 1.66. The van der Waals surface area contributed by atoms with Crippen LogP contribution in [0.5, 0.6) is 0 Å². The minimum Gasteiger partial charge on any atom is -0.323 e. The number of hydrogen-bond donors (Lipinski definition) is 1. The van der Waals surface area contributed by atoms with Crippen LogP contribution in [0.15, 0.2) is 18.3 Å². The number of imide groups is 1. The number of carbonyl (C=O) groups excluding carboxylic acids is 2. The molecular formula is C14H13N3O2S. The quantitative estimate of drug-likeness (QED) is 0.861. The molecule has 3 heterocycles. The molecule has 1 N–H and O–H groups in total. The summed E-state index contributed by atoms with van der Waals surface area (Å²) in [5.74, 6) is -0.0790. The van der Waals surface area contributed by atoms with E-state index < -0.39 is 5.54 Å². The molecule has 102 valence electrons. The first-order chi connectivity index (χ1) is 9.59. The Hall–Kier alpha value is -1.95. The Morgan fingerprint density at radius 3 is 2.90 bits per heavy atom. The fraction of sp³-hybridized carbons (Fsp3) is 0.357. The summed E-state index contributed by atoms with van der Waals surface area (Å²) in [6.45, 7) is 2.38. The lowest BCUT2D eigenvalue weighted by Gasteiger charge is -2.10. The molecule has 1 spiro atoms. The SMILES string of the molecule is Cc1ccnc2cc(CN3C(=O)NC4(CC4)C3=O)sc12. The van der Waals surface area contributed by atoms with Crippen LogP contribution in [0.3, 0.4) is 0 Å². The van der Waals surface area contributed by atoms with Crippen molar-refractivity contribution >= 4 is 33.5 Å². The van der Waals surface area contributed by atoms with E-state index >= 15 is 0 Å². The normalized spacial score (nSPS) is 19.9. The first-order valence-corrected chi connectivity index (χ1v) is 7.39. The van der Waals surface area contributed by atoms with Crippen LogP contribution in [0.1, 0.15) is 23.3 Å². The molecular weight excluding hydrogens is 274 g/mol. The van der Waals surface area contributed by atoms with Crippen LogP contribution in [-0.4, -0.2) is 27.4 Å². The van der Waals surface area contributed by atoms with Crippen molar-refractivity contribution in [3.05, 3.63) is 28.8 Å². The molecule has 3 amide bonds. The van der Waals surface area contributed by atoms with Crippen LogP contribution in [-0.2, 0) is 11.3 Å². The highest BCUT2D eigenvalue weighted by molar-refractivity contribution is 7.19. The number of urea groups is 1. The van der Waals surface area contributed by atoms with E-state index in [0.717, 1.165) is 27.9 Å². The smallest absolute Gasteiger partial charge is 0.323 e. The fourth-order valence-electron chi connectivity index (χ4n) is 2.63. The Kier molecular flexibility index (Phi) is 2.24. The van der Waals surface area contributed by atoms with Crippen molar-refractivity contribution in [3.8, 4) is 0 Å². The summed E-state index contributed by atoms with van der Waals surface area (Å²) < 4.78 is 1.12. The molecule has 0 unspecified atom stereocenters. The largest absolute Gasteiger partial charge is 0.325 e. The van der Waals surface area contributed by atoms with E-state index in [0.29, 0.717) is 6.54 Å². The average molecular weight is 287 g/mol. The molecule has 1 aliphatic carbocycles. The van der Waals surface area contributed by atoms with Crippen molar-refractivity contribution in [2.75, 3.05) is 0 Å². The highest BCUT2D eigenvalue weighted by atomic mass is 32.1. The Morgan fingerprint density at radius 2 is 2.25 bits per heavy atom. The molecule has 0 radical (unpaired) electrons. The van der Waals surface area contributed by atoms with E-state index in [-0.39, 0.29) is 11.9 Å². The number of fused-ring (bicyclic) bond motifs is 1. The van der Waals surface area contributed by atoms with Crippen molar-refractivity contribution < 1.29 is 9.59 Å². The minimum absolute atomic E-state index is 0.0790. The Labute approximate surface area is 119 Å². The Morgan fingerprint density at radius 1 is 1.45 bits per heavy atom. The number of aryl methyl sites for hydroxylation is 1. The molecule has 0 atom stereocenters. The first kappa shape index (κ1) is 11.8. The summed E-state index contributed by atoms with van der Waals surface area (Å²) in [7, 11) is 0. The van der Waals surface area contributed by atoms with Gasteiger partial charge in [0, 0.05) is 11.1 Å². The molecule has 0 aromatic carbocycles. The summed E-state index contributed by atoms with van der Waals surface area (Å²) in [5, 5.41) is 2.80. The summed E-state index contributed by atoms with van der Waals surface area (Å²) >= 11 is 1.60. The van der Waals surface area contributed by atoms with Crippen LogP contribution < -0.4 is 5.32 Å². The zero-order valence-electron chi connectivity index (χ0n) is 11.0. The second-order valence-electron chi connectivity index (χ2n) is 5.46. The van der Waals surface area contributed by atoms with Gasteiger partial charge in [0.2, 0.25) is 0 Å². The molecule has 2 fully saturated rings. The lowest BCUT2D eigenvalue weighted by Crippen LogP contribution is -2.31. The summed E-state index contributed by atoms with van der Waals surface area (Å²) in [5.41, 5.74) is 1.53. The van der Waals surface area contributed by atoms with E-state index in [1.54, 1.807) is 17.5 Å². The monoisotopic (exact) mass is 287 g/mol. The van der Waals surface area contributed by atoms with Crippen molar-refractivity contribution in [1.29, 1.82) is 0 Å². The van der Waals surface area contributed by atoms with Gasteiger partial charge in [-0.2, -0.15) is 0 Å². The van der Waals surface area contributed by atoms with Gasteiger partial charge < -0.3 is 5.32 Å². The first-order valence-electron chi connectivity index (χ1n) is 6.57. The minimum atomic E-state index is -0.568. The number of thiophene rings is 1. The molecule has 1 aliphatic heterocycles. The van der Waals surface area contributed by atoms with Crippen molar-refractivity contribution in [2.45, 2.75) is 31.8 Å². The number of aromatic nitrogens is 1. The van der Waals surface area contributed by atoms with Crippen LogP contribution in [0.4, 0.5) is 4.79 Å². The van der Waals surface area contributed by atoms with Gasteiger partial charge in [0.25, 0.3) is 5.91 Å². The third kappa shape index (κ3) is 1.57. The molecule has 6 heteroatoms. The number of carbonyl (C=O) groups is 2. The van der Waals surface area contributed by atoms with E-state index in [9.17, 15) is 9.59 Å². The van der Waals surface area contributed by atoms with Crippen LogP contribution in [0.25, 0.3) is 10.2 Å². The standard InChI is InChI=1S/C14H13N3O2S/c1-8-2-5-15-10-6-9(20-11(8)10)7-17-12(18)14(3-4-14)16-13(17)19/h2,5-6H,3-4,7H2,1H3,(H,16,19). The summed E-state index contributed by atoms with van der Waals surface area (Å²) in [6, 6.07) is 3.66. The average Bonchev–Trinajstić information content (AvgIpc) is 3.00. The van der Waals surface area contributed by atoms with Gasteiger partial charge in [-0.05, 0) is 37.5 Å². The molecule has 5 nitrogen and oxygen atoms in total. The van der Waals surface area contributed by atoms with Gasteiger partial charge >= 0.3 is 6.03 Å². The molecule has 1 saturated carbocycles. The molecule has 2 aliphatic rings. The van der Waals surface area contributed by atoms with E-state index in [1.165, 1.54) is 10.5 Å². The number of amides is 3. The van der Waals surface area contributed by atoms with Crippen LogP contribution in [0.2, 0.25) is 0 Å². The zero-order valence-corrected chi connectivity index (χ0v) is 11.8. The number of hydrogen-bond acceptors (Lipinski definition) is 4. The van der Waals surface area contributed by atoms with Crippen molar-refractivity contribution in [1.82, 2.24) is 15.2 Å². The molecule has 20 heavy (non-hydrogen) atoms. The van der Waals surface area contributed by atoms with Gasteiger partial charge in [0.1, 0.15) is 5.54 Å². The lowest BCUT2D eigenvalue weighted by atomic mass is 10.2. The van der Waals surface area contributed by atoms with E-state index in [4.69, 9.17) is 0 Å². The van der Waals surface area contributed by atoms with Crippen molar-refractivity contribution in [2.24, 2.45) is 0 Å². The van der Waals surface area contributed by atoms with Gasteiger partial charge in [-0.25, -0.2) is 4.79 Å². The predicted molar refractivity (Wildman–Crippen MR) is 75.4 cm³/mol. The number of nitrogens with zero attached hydrogens (tertiary/aromatic N) is 2. The lowest BCUT2D eigenvalue weighted by molar-refractivity contribution is -0.128. The Bertz CT molecular complexity index is 748. The van der Waals surface area contributed by atoms with Gasteiger partial charge in [0.15, 0.2) is 0 Å². The topological polar surface area (TPSA) is 62.3 Å². The summed E-state index contributed by atoms with van der Waals surface area (Å²) in [6.07, 6.45) is 3.31. The molecule has 2 aromatic heterocycles. The number of nitrogens with one attached hydrogen (secondary N) is 1. The fourth-order valence-corrected chi connectivity index (χ4v) is 3.70. The van der Waals surface area contributed by atoms with Gasteiger partial charge in [-0.1, -0.05) is 0 Å². The van der Waals surface area contributed by atoms with Gasteiger partial charge in [-0.15, -0.1) is 11.3 Å². The maximum atomic E-state index is 12.2. The summed E-state index contributed by atoms with van der Waals surface area (Å²) in [4.78, 5) is 30.8. The highest BCUT2D eigenvalue weighted by Crippen LogP contribution is 2.41. The highest BCUT2D eigenvalue weighted by Gasteiger charge is 2.59. The van der Waals surface area contributed by atoms with Crippen LogP contribution in [0, 0.1) is 6.92 Å². The maximum Gasteiger partial charge on any atom is 0.325 e. The molecule has 0 bridgehead atoms. The van der Waals surface area contributed by atoms with Crippen LogP contribution >= 0.6 is 11.3 Å². The molecule has 1 saturated heterocycles. The molecule has 2 aromatic rings. The zero-order chi connectivity index (χ0) is 13.9. The van der Waals surface area contributed by atoms with Gasteiger partial charge in [-0.3, -0.25) is 14.7 Å². The number of pyridine rings is 1. The van der Waals surface area contributed by atoms with Crippen molar-refractivity contribution in [3.63, 3.8) is 0 Å². The molecule has 4 rings (SSSR count). The third-order valence-corrected chi connectivity index (χ3v) is 5.21. The van der Waals surface area contributed by atoms with E-state index in [2.05, 4.69) is 10.3 Å². The van der Waals surface area contributed by atoms with E-state index in [1.807, 2.05) is 19.1 Å². The third-order valence-electron chi connectivity index (χ3n) is 3.97. The second-order valence-corrected chi connectivity index (χ2v) is 6.60. The van der Waals surface area contributed by atoms with Gasteiger partial charge in [0.05, 0.1) is 16.8 Å². The predicted octanol–water partition coefficient (Wildman–Crippen LogP) is 2.19. The maximum absolute atomic E-state index is 12.2. The number of rotatable bonds is 2.